The van der Waals surface area contributed by atoms with Gasteiger partial charge in [-0.3, -0.25) is 0 Å². The van der Waals surface area contributed by atoms with E-state index in [1.807, 2.05) is 0 Å². The van der Waals surface area contributed by atoms with Crippen molar-refractivity contribution >= 4 is 18.8 Å². The van der Waals surface area contributed by atoms with Crippen LogP contribution in [0.1, 0.15) is 34.6 Å². The summed E-state index contributed by atoms with van der Waals surface area (Å²) >= 11 is 6.85. The summed E-state index contributed by atoms with van der Waals surface area (Å²) in [6, 6.07) is 1.10. The zero-order chi connectivity index (χ0) is 11.2. The van der Waals surface area contributed by atoms with Crippen molar-refractivity contribution in [3.8, 4) is 0 Å². The Labute approximate surface area is 95.1 Å². The molecule has 0 aromatic carbocycles. The lowest BCUT2D eigenvalue weighted by Gasteiger charge is -2.42. The molecule has 0 aliphatic heterocycles. The third-order valence-corrected chi connectivity index (χ3v) is 9.28. The maximum Gasteiger partial charge on any atom is 0.307 e. The number of nitrogens with zero attached hydrogens (tertiary/aromatic N) is 2. The van der Waals surface area contributed by atoms with Crippen molar-refractivity contribution in [3.05, 3.63) is 0 Å². The topological polar surface area (TPSA) is 6.48 Å². The van der Waals surface area contributed by atoms with Gasteiger partial charge in [-0.05, 0) is 32.2 Å². The Morgan fingerprint density at radius 3 is 1.21 bits per heavy atom. The van der Waals surface area contributed by atoms with E-state index in [1.54, 1.807) is 0 Å². The number of hydrogen-bond donors (Lipinski definition) is 0. The Morgan fingerprint density at radius 2 is 1.07 bits per heavy atom. The van der Waals surface area contributed by atoms with Crippen LogP contribution in [0.5, 0.6) is 0 Å². The Balaban J connectivity index is 4.72. The van der Waals surface area contributed by atoms with Crippen molar-refractivity contribution < 1.29 is 0 Å². The van der Waals surface area contributed by atoms with Gasteiger partial charge in [-0.15, -0.1) is 11.1 Å². The van der Waals surface area contributed by atoms with Crippen molar-refractivity contribution in [1.82, 2.24) is 9.13 Å². The van der Waals surface area contributed by atoms with Crippen molar-refractivity contribution in [2.45, 2.75) is 40.7 Å². The molecule has 0 atom stereocenters. The summed E-state index contributed by atoms with van der Waals surface area (Å²) in [6.45, 7) is 15.3. The number of rotatable bonds is 7. The molecule has 0 rings (SSSR count). The summed E-state index contributed by atoms with van der Waals surface area (Å²) < 4.78 is 4.92. The highest BCUT2D eigenvalue weighted by Gasteiger charge is 2.40. The quantitative estimate of drug-likeness (QED) is 0.496. The molecule has 0 aliphatic rings. The molecule has 0 amide bonds. The third kappa shape index (κ3) is 2.96. The molecule has 0 radical (unpaired) electrons. The van der Waals surface area contributed by atoms with Crippen LogP contribution in [0.25, 0.3) is 0 Å². The van der Waals surface area contributed by atoms with Crippen LogP contribution in [0, 0.1) is 0 Å². The predicted octanol–water partition coefficient (Wildman–Crippen LogP) is 2.87. The first-order chi connectivity index (χ1) is 6.60. The first-order valence-electron chi connectivity index (χ1n) is 5.79. The van der Waals surface area contributed by atoms with Gasteiger partial charge in [-0.25, -0.2) is 0 Å². The minimum absolute atomic E-state index is 1.07. The van der Waals surface area contributed by atoms with Crippen LogP contribution in [0.4, 0.5) is 0 Å². The van der Waals surface area contributed by atoms with Crippen LogP contribution in [-0.4, -0.2) is 43.0 Å². The molecule has 0 aromatic rings. The van der Waals surface area contributed by atoms with Gasteiger partial charge in [0, 0.05) is 0 Å². The summed E-state index contributed by atoms with van der Waals surface area (Å²) in [5.74, 6) is 0. The fourth-order valence-electron chi connectivity index (χ4n) is 2.06. The van der Waals surface area contributed by atoms with Crippen LogP contribution in [0.3, 0.4) is 0 Å². The lowest BCUT2D eigenvalue weighted by Crippen LogP contribution is -2.61. The van der Waals surface area contributed by atoms with Crippen LogP contribution < -0.4 is 0 Å². The Kier molecular flexibility index (Phi) is 7.04. The first kappa shape index (κ1) is 14.4. The molecule has 0 aromatic heterocycles. The molecular formula is C10H25ClN2Si. The van der Waals surface area contributed by atoms with Gasteiger partial charge in [0.1, 0.15) is 0 Å². The van der Waals surface area contributed by atoms with E-state index in [0.29, 0.717) is 0 Å². The van der Waals surface area contributed by atoms with Gasteiger partial charge in [0.05, 0.1) is 0 Å². The average Bonchev–Trinajstić information content (AvgIpc) is 2.21. The Bertz CT molecular complexity index is 135. The van der Waals surface area contributed by atoms with Crippen LogP contribution in [0.15, 0.2) is 0 Å². The lowest BCUT2D eigenvalue weighted by molar-refractivity contribution is 0.368. The second kappa shape index (κ2) is 6.83. The van der Waals surface area contributed by atoms with E-state index in [1.165, 1.54) is 0 Å². The second-order valence-corrected chi connectivity index (χ2v) is 8.64. The molecule has 0 aliphatic carbocycles. The molecule has 0 fully saturated rings. The standard InChI is InChI=1S/C10H25ClN2Si/c1-6-12(7-2)14(11,10-5)13(8-3)9-4/h6-10H2,1-5H3. The molecule has 86 valence electrons. The molecule has 0 heterocycles. The minimum Gasteiger partial charge on any atom is -0.300 e. The SMILES string of the molecule is CCN(CC)[Si](Cl)(CC)N(CC)CC. The van der Waals surface area contributed by atoms with E-state index in [0.717, 1.165) is 32.2 Å². The first-order valence-corrected chi connectivity index (χ1v) is 8.90. The van der Waals surface area contributed by atoms with Gasteiger partial charge in [0.25, 0.3) is 0 Å². The fraction of sp³-hybridized carbons (Fsp3) is 1.00. The molecule has 4 heteroatoms. The summed E-state index contributed by atoms with van der Waals surface area (Å²) in [7, 11) is -1.84. The van der Waals surface area contributed by atoms with Crippen LogP contribution in [0.2, 0.25) is 6.04 Å². The Morgan fingerprint density at radius 1 is 0.786 bits per heavy atom. The number of hydrogen-bond acceptors (Lipinski definition) is 2. The summed E-state index contributed by atoms with van der Waals surface area (Å²) in [4.78, 5) is 0. The highest BCUT2D eigenvalue weighted by molar-refractivity contribution is 7.17. The summed E-state index contributed by atoms with van der Waals surface area (Å²) in [5, 5.41) is 0. The lowest BCUT2D eigenvalue weighted by atomic mass is 10.7. The van der Waals surface area contributed by atoms with Gasteiger partial charge in [0.2, 0.25) is 0 Å². The third-order valence-electron chi connectivity index (χ3n) is 2.95. The highest BCUT2D eigenvalue weighted by Crippen LogP contribution is 2.24. The van der Waals surface area contributed by atoms with Crippen molar-refractivity contribution in [2.24, 2.45) is 0 Å². The zero-order valence-corrected chi connectivity index (χ0v) is 12.1. The predicted molar refractivity (Wildman–Crippen MR) is 67.9 cm³/mol. The number of halogens is 1. The molecule has 0 saturated heterocycles. The molecule has 0 unspecified atom stereocenters. The van der Waals surface area contributed by atoms with E-state index in [9.17, 15) is 0 Å². The zero-order valence-electron chi connectivity index (χ0n) is 10.3. The van der Waals surface area contributed by atoms with Gasteiger partial charge in [0.15, 0.2) is 0 Å². The van der Waals surface area contributed by atoms with Crippen molar-refractivity contribution in [1.29, 1.82) is 0 Å². The monoisotopic (exact) mass is 236 g/mol. The maximum absolute atomic E-state index is 6.85. The van der Waals surface area contributed by atoms with Crippen LogP contribution in [-0.2, 0) is 0 Å². The van der Waals surface area contributed by atoms with Gasteiger partial charge >= 0.3 is 7.71 Å². The van der Waals surface area contributed by atoms with Crippen LogP contribution >= 0.6 is 11.1 Å². The van der Waals surface area contributed by atoms with Gasteiger partial charge in [-0.1, -0.05) is 34.6 Å². The normalized spacial score (nSPS) is 12.9. The van der Waals surface area contributed by atoms with Gasteiger partial charge < -0.3 is 9.13 Å². The molecule has 0 bridgehead atoms. The molecule has 2 nitrogen and oxygen atoms in total. The summed E-state index contributed by atoms with van der Waals surface area (Å²) in [5.41, 5.74) is 0. The second-order valence-electron chi connectivity index (χ2n) is 3.42. The van der Waals surface area contributed by atoms with E-state index < -0.39 is 7.71 Å². The average molecular weight is 237 g/mol. The van der Waals surface area contributed by atoms with Gasteiger partial charge in [-0.2, -0.15) is 0 Å². The molecular weight excluding hydrogens is 212 g/mol. The van der Waals surface area contributed by atoms with Crippen molar-refractivity contribution in [2.75, 3.05) is 26.2 Å². The fourth-order valence-corrected chi connectivity index (χ4v) is 6.73. The van der Waals surface area contributed by atoms with Crippen molar-refractivity contribution in [3.63, 3.8) is 0 Å². The largest absolute Gasteiger partial charge is 0.307 e. The molecule has 0 saturated carbocycles. The van der Waals surface area contributed by atoms with E-state index in [4.69, 9.17) is 11.1 Å². The van der Waals surface area contributed by atoms with E-state index >= 15 is 0 Å². The highest BCUT2D eigenvalue weighted by atomic mass is 35.6. The maximum atomic E-state index is 6.85. The smallest absolute Gasteiger partial charge is 0.300 e. The van der Waals surface area contributed by atoms with E-state index in [2.05, 4.69) is 43.7 Å². The Hall–Kier alpha value is 0.427. The molecule has 14 heavy (non-hydrogen) atoms. The molecule has 0 N–H and O–H groups in total. The summed E-state index contributed by atoms with van der Waals surface area (Å²) in [6.07, 6.45) is 0. The molecule has 0 spiro atoms. The minimum atomic E-state index is -1.84. The van der Waals surface area contributed by atoms with E-state index in [-0.39, 0.29) is 0 Å².